The number of rotatable bonds is 1. The number of nitro benzene ring substituents is 1. The van der Waals surface area contributed by atoms with Gasteiger partial charge in [0.2, 0.25) is 0 Å². The molecule has 0 spiro atoms. The van der Waals surface area contributed by atoms with Gasteiger partial charge in [-0.3, -0.25) is 10.1 Å². The molecular formula is C9H9NO3. The van der Waals surface area contributed by atoms with Crippen LogP contribution in [0, 0.1) is 10.1 Å². The zero-order chi connectivity index (χ0) is 9.26. The summed E-state index contributed by atoms with van der Waals surface area (Å²) in [4.78, 5) is 10.2. The fourth-order valence-electron chi connectivity index (χ4n) is 1.52. The zero-order valence-corrected chi connectivity index (χ0v) is 7.03. The first-order valence-corrected chi connectivity index (χ1v) is 4.18. The lowest BCUT2D eigenvalue weighted by Gasteiger charge is -2.16. The van der Waals surface area contributed by atoms with Crippen molar-refractivity contribution in [2.45, 2.75) is 12.8 Å². The standard InChI is InChI=1S/C9H9NO3/c11-10(12)8-5-1-3-7-4-2-6-13-9(7)8/h1,3,5H,2,4,6H2. The average Bonchev–Trinajstić information content (AvgIpc) is 2.17. The molecule has 0 saturated carbocycles. The van der Waals surface area contributed by atoms with Gasteiger partial charge in [0.1, 0.15) is 0 Å². The van der Waals surface area contributed by atoms with Crippen molar-refractivity contribution >= 4 is 5.69 Å². The van der Waals surface area contributed by atoms with Gasteiger partial charge in [-0.15, -0.1) is 0 Å². The summed E-state index contributed by atoms with van der Waals surface area (Å²) >= 11 is 0. The predicted octanol–water partition coefficient (Wildman–Crippen LogP) is 1.92. The Kier molecular flexibility index (Phi) is 1.88. The van der Waals surface area contributed by atoms with Gasteiger partial charge in [-0.25, -0.2) is 0 Å². The first-order chi connectivity index (χ1) is 6.29. The molecule has 0 fully saturated rings. The number of benzene rings is 1. The SMILES string of the molecule is O=[N+]([O-])c1cccc2c1OCCC2. The fourth-order valence-corrected chi connectivity index (χ4v) is 1.52. The van der Waals surface area contributed by atoms with Crippen LogP contribution in [0.3, 0.4) is 0 Å². The lowest BCUT2D eigenvalue weighted by atomic mass is 10.1. The summed E-state index contributed by atoms with van der Waals surface area (Å²) in [5.41, 5.74) is 1.03. The van der Waals surface area contributed by atoms with E-state index in [1.807, 2.05) is 6.07 Å². The molecule has 0 unspecified atom stereocenters. The van der Waals surface area contributed by atoms with E-state index >= 15 is 0 Å². The van der Waals surface area contributed by atoms with E-state index in [4.69, 9.17) is 4.74 Å². The molecule has 1 heterocycles. The molecule has 4 nitrogen and oxygen atoms in total. The summed E-state index contributed by atoms with van der Waals surface area (Å²) < 4.78 is 5.27. The first-order valence-electron chi connectivity index (χ1n) is 4.18. The maximum Gasteiger partial charge on any atom is 0.311 e. The molecule has 68 valence electrons. The summed E-state index contributed by atoms with van der Waals surface area (Å²) in [6.45, 7) is 0.581. The molecule has 1 aromatic rings. The Morgan fingerprint density at radius 3 is 3.08 bits per heavy atom. The van der Waals surface area contributed by atoms with E-state index in [9.17, 15) is 10.1 Å². The Morgan fingerprint density at radius 2 is 2.31 bits per heavy atom. The number of nitro groups is 1. The minimum Gasteiger partial charge on any atom is -0.487 e. The molecule has 1 aliphatic heterocycles. The molecule has 2 rings (SSSR count). The fraction of sp³-hybridized carbons (Fsp3) is 0.333. The van der Waals surface area contributed by atoms with Crippen LogP contribution in [-0.4, -0.2) is 11.5 Å². The van der Waals surface area contributed by atoms with Crippen molar-refractivity contribution in [2.75, 3.05) is 6.61 Å². The predicted molar refractivity (Wildman–Crippen MR) is 46.9 cm³/mol. The minimum atomic E-state index is -0.399. The van der Waals surface area contributed by atoms with Crippen LogP contribution in [0.15, 0.2) is 18.2 Å². The number of nitrogens with zero attached hydrogens (tertiary/aromatic N) is 1. The highest BCUT2D eigenvalue weighted by Crippen LogP contribution is 2.33. The van der Waals surface area contributed by atoms with Gasteiger partial charge in [-0.1, -0.05) is 12.1 Å². The van der Waals surface area contributed by atoms with Gasteiger partial charge in [0, 0.05) is 11.6 Å². The topological polar surface area (TPSA) is 52.4 Å². The van der Waals surface area contributed by atoms with E-state index in [1.165, 1.54) is 6.07 Å². The van der Waals surface area contributed by atoms with Crippen LogP contribution in [0.2, 0.25) is 0 Å². The highest BCUT2D eigenvalue weighted by molar-refractivity contribution is 5.52. The van der Waals surface area contributed by atoms with Crippen LogP contribution >= 0.6 is 0 Å². The zero-order valence-electron chi connectivity index (χ0n) is 7.03. The number of fused-ring (bicyclic) bond motifs is 1. The van der Waals surface area contributed by atoms with Gasteiger partial charge in [0.25, 0.3) is 0 Å². The van der Waals surface area contributed by atoms with Crippen LogP contribution in [0.4, 0.5) is 5.69 Å². The summed E-state index contributed by atoms with van der Waals surface area (Å²) in [5.74, 6) is 0.457. The second-order valence-corrected chi connectivity index (χ2v) is 2.97. The largest absolute Gasteiger partial charge is 0.487 e. The van der Waals surface area contributed by atoms with Crippen molar-refractivity contribution in [1.82, 2.24) is 0 Å². The molecule has 0 saturated heterocycles. The van der Waals surface area contributed by atoms with Crippen LogP contribution in [0.25, 0.3) is 0 Å². The van der Waals surface area contributed by atoms with Crippen LogP contribution < -0.4 is 4.74 Å². The average molecular weight is 179 g/mol. The van der Waals surface area contributed by atoms with Gasteiger partial charge < -0.3 is 4.74 Å². The highest BCUT2D eigenvalue weighted by atomic mass is 16.6. The monoisotopic (exact) mass is 179 g/mol. The number of ether oxygens (including phenoxy) is 1. The molecule has 1 aromatic carbocycles. The highest BCUT2D eigenvalue weighted by Gasteiger charge is 2.21. The van der Waals surface area contributed by atoms with Crippen LogP contribution in [-0.2, 0) is 6.42 Å². The van der Waals surface area contributed by atoms with Crippen molar-refractivity contribution in [2.24, 2.45) is 0 Å². The molecule has 0 radical (unpaired) electrons. The summed E-state index contributed by atoms with van der Waals surface area (Å²) in [6, 6.07) is 5.05. The molecule has 0 amide bonds. The first kappa shape index (κ1) is 8.04. The maximum atomic E-state index is 10.6. The van der Waals surface area contributed by atoms with Crippen molar-refractivity contribution in [1.29, 1.82) is 0 Å². The molecule has 0 atom stereocenters. The number of hydrogen-bond donors (Lipinski definition) is 0. The van der Waals surface area contributed by atoms with Gasteiger partial charge in [-0.2, -0.15) is 0 Å². The quantitative estimate of drug-likeness (QED) is 0.488. The van der Waals surface area contributed by atoms with E-state index in [0.29, 0.717) is 12.4 Å². The van der Waals surface area contributed by atoms with Crippen molar-refractivity contribution < 1.29 is 9.66 Å². The Balaban J connectivity index is 2.52. The Hall–Kier alpha value is -1.58. The van der Waals surface area contributed by atoms with E-state index in [1.54, 1.807) is 6.07 Å². The minimum absolute atomic E-state index is 0.0807. The normalized spacial score (nSPS) is 14.5. The van der Waals surface area contributed by atoms with E-state index < -0.39 is 4.92 Å². The summed E-state index contributed by atoms with van der Waals surface area (Å²) in [5, 5.41) is 10.6. The van der Waals surface area contributed by atoms with Gasteiger partial charge in [0.05, 0.1) is 11.5 Å². The number of hydrogen-bond acceptors (Lipinski definition) is 3. The van der Waals surface area contributed by atoms with Crippen molar-refractivity contribution in [3.05, 3.63) is 33.9 Å². The molecule has 0 aromatic heterocycles. The van der Waals surface area contributed by atoms with E-state index in [2.05, 4.69) is 0 Å². The second-order valence-electron chi connectivity index (χ2n) is 2.97. The summed E-state index contributed by atoms with van der Waals surface area (Å²) in [7, 11) is 0. The molecule has 1 aliphatic rings. The third-order valence-electron chi connectivity index (χ3n) is 2.11. The van der Waals surface area contributed by atoms with Crippen molar-refractivity contribution in [3.8, 4) is 5.75 Å². The van der Waals surface area contributed by atoms with Gasteiger partial charge in [-0.05, 0) is 12.8 Å². The molecule has 4 heteroatoms. The van der Waals surface area contributed by atoms with Crippen LogP contribution in [0.1, 0.15) is 12.0 Å². The van der Waals surface area contributed by atoms with E-state index in [0.717, 1.165) is 18.4 Å². The lowest BCUT2D eigenvalue weighted by Crippen LogP contribution is -2.09. The third kappa shape index (κ3) is 1.35. The smallest absolute Gasteiger partial charge is 0.311 e. The molecule has 0 N–H and O–H groups in total. The van der Waals surface area contributed by atoms with Gasteiger partial charge >= 0.3 is 5.69 Å². The molecule has 13 heavy (non-hydrogen) atoms. The third-order valence-corrected chi connectivity index (χ3v) is 2.11. The number of para-hydroxylation sites is 1. The summed E-state index contributed by atoms with van der Waals surface area (Å²) in [6.07, 6.45) is 1.81. The lowest BCUT2D eigenvalue weighted by molar-refractivity contribution is -0.386. The molecular weight excluding hydrogens is 170 g/mol. The maximum absolute atomic E-state index is 10.6. The Labute approximate surface area is 75.3 Å². The van der Waals surface area contributed by atoms with Crippen molar-refractivity contribution in [3.63, 3.8) is 0 Å². The Bertz CT molecular complexity index is 349. The van der Waals surface area contributed by atoms with Crippen LogP contribution in [0.5, 0.6) is 5.75 Å². The second kappa shape index (κ2) is 3.05. The van der Waals surface area contributed by atoms with Gasteiger partial charge in [0.15, 0.2) is 5.75 Å². The molecule has 0 bridgehead atoms. The number of aryl methyl sites for hydroxylation is 1. The van der Waals surface area contributed by atoms with E-state index in [-0.39, 0.29) is 5.69 Å². The Morgan fingerprint density at radius 1 is 1.46 bits per heavy atom. The molecule has 0 aliphatic carbocycles.